The average Bonchev–Trinajstić information content (AvgIpc) is 3.20. The Balaban J connectivity index is 1.82. The van der Waals surface area contributed by atoms with Crippen LogP contribution in [0.1, 0.15) is 77.3 Å². The SMILES string of the molecule is CCC(C)(CC)NC(=O)OCC1C2=C(C=CC(C)(NC(=O)COCCOC)C2)c2ccc(NC(=O)CC(C)N)cc21. The maximum absolute atomic E-state index is 12.8. The highest BCUT2D eigenvalue weighted by molar-refractivity contribution is 5.93. The highest BCUT2D eigenvalue weighted by atomic mass is 16.5. The summed E-state index contributed by atoms with van der Waals surface area (Å²) < 4.78 is 16.2. The monoisotopic (exact) mass is 570 g/mol. The summed E-state index contributed by atoms with van der Waals surface area (Å²) in [6.45, 7) is 10.6. The van der Waals surface area contributed by atoms with Crippen molar-refractivity contribution in [3.05, 3.63) is 47.1 Å². The van der Waals surface area contributed by atoms with Crippen molar-refractivity contribution in [3.8, 4) is 0 Å². The van der Waals surface area contributed by atoms with Gasteiger partial charge in [0.25, 0.3) is 0 Å². The van der Waals surface area contributed by atoms with Gasteiger partial charge < -0.3 is 35.9 Å². The number of fused-ring (bicyclic) bond motifs is 2. The molecule has 2 aliphatic carbocycles. The summed E-state index contributed by atoms with van der Waals surface area (Å²) in [6, 6.07) is 5.53. The second-order valence-corrected chi connectivity index (χ2v) is 11.5. The van der Waals surface area contributed by atoms with Gasteiger partial charge >= 0.3 is 6.09 Å². The lowest BCUT2D eigenvalue weighted by Crippen LogP contribution is -2.47. The zero-order chi connectivity index (χ0) is 30.2. The molecule has 1 aromatic rings. The molecule has 0 aliphatic heterocycles. The van der Waals surface area contributed by atoms with E-state index in [0.29, 0.717) is 25.3 Å². The molecular weight excluding hydrogens is 524 g/mol. The smallest absolute Gasteiger partial charge is 0.407 e. The van der Waals surface area contributed by atoms with Crippen molar-refractivity contribution in [2.24, 2.45) is 5.73 Å². The summed E-state index contributed by atoms with van der Waals surface area (Å²) in [6.07, 6.45) is 5.84. The number of alkyl carbamates (subject to hydrolysis) is 1. The maximum atomic E-state index is 12.8. The number of methoxy groups -OCH3 is 1. The van der Waals surface area contributed by atoms with E-state index in [9.17, 15) is 14.4 Å². The van der Waals surface area contributed by atoms with E-state index in [4.69, 9.17) is 19.9 Å². The number of nitrogens with one attached hydrogen (secondary N) is 3. The third kappa shape index (κ3) is 8.64. The van der Waals surface area contributed by atoms with Crippen molar-refractivity contribution in [1.29, 1.82) is 0 Å². The molecule has 0 saturated heterocycles. The first kappa shape index (κ1) is 32.3. The molecule has 0 bridgehead atoms. The molecule has 5 N–H and O–H groups in total. The van der Waals surface area contributed by atoms with E-state index in [1.165, 1.54) is 0 Å². The number of carbonyl (C=O) groups is 3. The molecule has 10 nitrogen and oxygen atoms in total. The van der Waals surface area contributed by atoms with Crippen LogP contribution in [0.4, 0.5) is 10.5 Å². The summed E-state index contributed by atoms with van der Waals surface area (Å²) in [5, 5.41) is 9.02. The van der Waals surface area contributed by atoms with Gasteiger partial charge in [0, 0.05) is 36.7 Å². The summed E-state index contributed by atoms with van der Waals surface area (Å²) >= 11 is 0. The van der Waals surface area contributed by atoms with Gasteiger partial charge in [0.05, 0.1) is 18.8 Å². The highest BCUT2D eigenvalue weighted by Crippen LogP contribution is 2.49. The van der Waals surface area contributed by atoms with Crippen LogP contribution in [0.2, 0.25) is 0 Å². The summed E-state index contributed by atoms with van der Waals surface area (Å²) in [5.41, 5.74) is 9.52. The molecule has 1 aromatic carbocycles. The van der Waals surface area contributed by atoms with Gasteiger partial charge in [-0.2, -0.15) is 0 Å². The van der Waals surface area contributed by atoms with Crippen LogP contribution in [0.15, 0.2) is 35.9 Å². The first-order valence-electron chi connectivity index (χ1n) is 14.4. The highest BCUT2D eigenvalue weighted by Gasteiger charge is 2.39. The van der Waals surface area contributed by atoms with Crippen LogP contribution in [0.25, 0.3) is 5.57 Å². The van der Waals surface area contributed by atoms with Crippen LogP contribution in [0.5, 0.6) is 0 Å². The van der Waals surface area contributed by atoms with Crippen molar-refractivity contribution in [3.63, 3.8) is 0 Å². The number of benzene rings is 1. The Bertz CT molecular complexity index is 1170. The standard InChI is InChI=1S/C31H46N4O6/c1-7-30(4,8-2)35-29(38)41-18-26-24-16-21(33-27(36)15-20(3)32)9-10-22(24)23-11-12-31(5,17-25(23)26)34-28(37)19-40-14-13-39-6/h9-12,16,20,26H,7-8,13-15,17-19,32H2,1-6H3,(H,33,36)(H,34,37)(H,35,38). The van der Waals surface area contributed by atoms with E-state index < -0.39 is 11.6 Å². The van der Waals surface area contributed by atoms with Gasteiger partial charge in [-0.25, -0.2) is 4.79 Å². The minimum atomic E-state index is -0.652. The fourth-order valence-corrected chi connectivity index (χ4v) is 5.17. The van der Waals surface area contributed by atoms with E-state index in [-0.39, 0.29) is 48.9 Å². The van der Waals surface area contributed by atoms with Crippen molar-refractivity contribution >= 4 is 29.2 Å². The number of ether oxygens (including phenoxy) is 3. The van der Waals surface area contributed by atoms with Crippen LogP contribution in [0.3, 0.4) is 0 Å². The molecule has 2 aliphatic rings. The molecule has 0 radical (unpaired) electrons. The molecule has 0 aromatic heterocycles. The van der Waals surface area contributed by atoms with Crippen LogP contribution in [-0.2, 0) is 23.8 Å². The molecule has 0 saturated carbocycles. The lowest BCUT2D eigenvalue weighted by molar-refractivity contribution is -0.127. The van der Waals surface area contributed by atoms with Crippen molar-refractivity contribution in [2.45, 2.75) is 83.3 Å². The molecule has 0 heterocycles. The van der Waals surface area contributed by atoms with Gasteiger partial charge in [-0.1, -0.05) is 32.1 Å². The van der Waals surface area contributed by atoms with Crippen LogP contribution >= 0.6 is 0 Å². The number of carbonyl (C=O) groups excluding carboxylic acids is 3. The van der Waals surface area contributed by atoms with E-state index >= 15 is 0 Å². The number of nitrogens with two attached hydrogens (primary N) is 1. The zero-order valence-electron chi connectivity index (χ0n) is 25.2. The van der Waals surface area contributed by atoms with Crippen LogP contribution in [0, 0.1) is 0 Å². The second-order valence-electron chi connectivity index (χ2n) is 11.5. The predicted molar refractivity (Wildman–Crippen MR) is 159 cm³/mol. The van der Waals surface area contributed by atoms with E-state index in [2.05, 4.69) is 16.0 Å². The Kier molecular flexibility index (Phi) is 11.1. The topological polar surface area (TPSA) is 141 Å². The molecule has 226 valence electrons. The maximum Gasteiger partial charge on any atom is 0.407 e. The third-order valence-electron chi connectivity index (χ3n) is 7.89. The van der Waals surface area contributed by atoms with Gasteiger partial charge in [0.2, 0.25) is 11.8 Å². The Morgan fingerprint density at radius 3 is 2.56 bits per heavy atom. The number of rotatable bonds is 14. The number of amides is 3. The minimum Gasteiger partial charge on any atom is -0.449 e. The number of hydrogen-bond donors (Lipinski definition) is 4. The first-order chi connectivity index (χ1) is 19.4. The Morgan fingerprint density at radius 2 is 1.90 bits per heavy atom. The van der Waals surface area contributed by atoms with Gasteiger partial charge in [0.1, 0.15) is 13.2 Å². The quantitative estimate of drug-likeness (QED) is 0.248. The van der Waals surface area contributed by atoms with Gasteiger partial charge in [-0.15, -0.1) is 0 Å². The van der Waals surface area contributed by atoms with Crippen molar-refractivity contribution in [2.75, 3.05) is 38.9 Å². The largest absolute Gasteiger partial charge is 0.449 e. The number of hydrogen-bond acceptors (Lipinski definition) is 7. The minimum absolute atomic E-state index is 0.0657. The molecule has 41 heavy (non-hydrogen) atoms. The molecule has 3 atom stereocenters. The van der Waals surface area contributed by atoms with E-state index in [0.717, 1.165) is 35.1 Å². The third-order valence-corrected chi connectivity index (χ3v) is 7.89. The molecule has 0 spiro atoms. The first-order valence-corrected chi connectivity index (χ1v) is 14.4. The average molecular weight is 571 g/mol. The molecular formula is C31H46N4O6. The number of anilines is 1. The molecule has 3 rings (SSSR count). The lowest BCUT2D eigenvalue weighted by atomic mass is 9.81. The summed E-state index contributed by atoms with van der Waals surface area (Å²) in [4.78, 5) is 37.9. The molecule has 10 heteroatoms. The van der Waals surface area contributed by atoms with Gasteiger partial charge in [-0.3, -0.25) is 9.59 Å². The summed E-state index contributed by atoms with van der Waals surface area (Å²) in [5.74, 6) is -0.633. The normalized spacial score (nSPS) is 20.2. The lowest BCUT2D eigenvalue weighted by Gasteiger charge is -2.33. The van der Waals surface area contributed by atoms with Crippen LogP contribution < -0.4 is 21.7 Å². The molecule has 0 fully saturated rings. The molecule has 3 unspecified atom stereocenters. The fourth-order valence-electron chi connectivity index (χ4n) is 5.17. The zero-order valence-corrected chi connectivity index (χ0v) is 25.2. The Morgan fingerprint density at radius 1 is 1.17 bits per heavy atom. The second kappa shape index (κ2) is 14.1. The Labute approximate surface area is 243 Å². The van der Waals surface area contributed by atoms with Crippen molar-refractivity contribution < 1.29 is 28.6 Å². The van der Waals surface area contributed by atoms with Crippen LogP contribution in [-0.4, -0.2) is 68.6 Å². The summed E-state index contributed by atoms with van der Waals surface area (Å²) in [7, 11) is 1.58. The van der Waals surface area contributed by atoms with Crippen molar-refractivity contribution in [1.82, 2.24) is 10.6 Å². The predicted octanol–water partition coefficient (Wildman–Crippen LogP) is 4.02. The number of allylic oxidation sites excluding steroid dienone is 2. The van der Waals surface area contributed by atoms with Gasteiger partial charge in [-0.05, 0) is 74.4 Å². The Hall–Kier alpha value is -3.21. The van der Waals surface area contributed by atoms with Gasteiger partial charge in [0.15, 0.2) is 0 Å². The fraction of sp³-hybridized carbons (Fsp3) is 0.581. The molecule has 3 amide bonds. The van der Waals surface area contributed by atoms with E-state index in [1.54, 1.807) is 14.0 Å². The van der Waals surface area contributed by atoms with E-state index in [1.807, 2.05) is 58.0 Å².